The number of hydrogen-bond donors (Lipinski definition) is 3. The van der Waals surface area contributed by atoms with Crippen LogP contribution in [-0.2, 0) is 16.1 Å². The molecule has 0 saturated carbocycles. The highest BCUT2D eigenvalue weighted by Crippen LogP contribution is 2.14. The van der Waals surface area contributed by atoms with Crippen LogP contribution in [0.3, 0.4) is 0 Å². The molecule has 1 aromatic heterocycles. The van der Waals surface area contributed by atoms with Gasteiger partial charge >= 0.3 is 0 Å². The zero-order valence-corrected chi connectivity index (χ0v) is 13.6. The van der Waals surface area contributed by atoms with Crippen molar-refractivity contribution in [2.45, 2.75) is 13.5 Å². The van der Waals surface area contributed by atoms with Crippen LogP contribution in [0.5, 0.6) is 0 Å². The number of rotatable bonds is 6. The van der Waals surface area contributed by atoms with Crippen molar-refractivity contribution in [1.29, 1.82) is 5.26 Å². The van der Waals surface area contributed by atoms with Crippen molar-refractivity contribution in [3.8, 4) is 6.07 Å². The summed E-state index contributed by atoms with van der Waals surface area (Å²) in [7, 11) is 0. The number of pyridine rings is 1. The first-order chi connectivity index (χ1) is 12.1. The molecule has 0 saturated heterocycles. The van der Waals surface area contributed by atoms with Crippen molar-refractivity contribution >= 4 is 23.2 Å². The van der Waals surface area contributed by atoms with E-state index in [4.69, 9.17) is 5.26 Å². The summed E-state index contributed by atoms with van der Waals surface area (Å²) in [6.07, 6.45) is 4.72. The number of nitrogens with one attached hydrogen (secondary N) is 3. The molecule has 126 valence electrons. The summed E-state index contributed by atoms with van der Waals surface area (Å²) in [5.74, 6) is -0.691. The molecule has 0 fully saturated rings. The zero-order valence-electron chi connectivity index (χ0n) is 13.6. The van der Waals surface area contributed by atoms with E-state index < -0.39 is 5.91 Å². The highest BCUT2D eigenvalue weighted by Gasteiger charge is 2.09. The lowest BCUT2D eigenvalue weighted by Gasteiger charge is -2.07. The molecule has 1 heterocycles. The molecule has 7 heteroatoms. The number of anilines is 2. The number of nitriles is 1. The molecule has 2 rings (SSSR count). The third-order valence-corrected chi connectivity index (χ3v) is 3.13. The lowest BCUT2D eigenvalue weighted by molar-refractivity contribution is -0.114. The largest absolute Gasteiger partial charge is 0.386 e. The van der Waals surface area contributed by atoms with Gasteiger partial charge in [0.15, 0.2) is 0 Å². The number of benzene rings is 1. The quantitative estimate of drug-likeness (QED) is 0.554. The molecule has 0 unspecified atom stereocenters. The lowest BCUT2D eigenvalue weighted by atomic mass is 10.2. The van der Waals surface area contributed by atoms with Crippen LogP contribution in [0.15, 0.2) is 60.6 Å². The molecule has 0 bridgehead atoms. The number of aromatic nitrogens is 1. The Balaban J connectivity index is 1.94. The molecule has 0 aliphatic carbocycles. The van der Waals surface area contributed by atoms with Gasteiger partial charge in [-0.25, -0.2) is 0 Å². The molecule has 1 aromatic carbocycles. The van der Waals surface area contributed by atoms with E-state index in [-0.39, 0.29) is 11.5 Å². The van der Waals surface area contributed by atoms with Crippen molar-refractivity contribution in [3.05, 3.63) is 66.1 Å². The molecule has 0 atom stereocenters. The molecule has 0 radical (unpaired) electrons. The van der Waals surface area contributed by atoms with Crippen LogP contribution < -0.4 is 16.0 Å². The van der Waals surface area contributed by atoms with E-state index in [2.05, 4.69) is 20.9 Å². The summed E-state index contributed by atoms with van der Waals surface area (Å²) in [6, 6.07) is 12.1. The van der Waals surface area contributed by atoms with Crippen LogP contribution >= 0.6 is 0 Å². The maximum Gasteiger partial charge on any atom is 0.267 e. The number of amides is 2. The van der Waals surface area contributed by atoms with Gasteiger partial charge in [-0.3, -0.25) is 14.6 Å². The first-order valence-corrected chi connectivity index (χ1v) is 7.50. The second-order valence-electron chi connectivity index (χ2n) is 5.12. The van der Waals surface area contributed by atoms with E-state index in [9.17, 15) is 9.59 Å². The highest BCUT2D eigenvalue weighted by molar-refractivity contribution is 6.06. The molecule has 2 amide bonds. The average molecular weight is 335 g/mol. The predicted molar refractivity (Wildman–Crippen MR) is 94.1 cm³/mol. The third-order valence-electron chi connectivity index (χ3n) is 3.13. The van der Waals surface area contributed by atoms with Gasteiger partial charge < -0.3 is 16.0 Å². The van der Waals surface area contributed by atoms with Crippen molar-refractivity contribution in [1.82, 2.24) is 10.3 Å². The Hall–Kier alpha value is -3.66. The summed E-state index contributed by atoms with van der Waals surface area (Å²) >= 11 is 0. The predicted octanol–water partition coefficient (Wildman–Crippen LogP) is 2.18. The number of hydrogen-bond acceptors (Lipinski definition) is 5. The first-order valence-electron chi connectivity index (χ1n) is 7.50. The van der Waals surface area contributed by atoms with Crippen LogP contribution in [0, 0.1) is 11.3 Å². The smallest absolute Gasteiger partial charge is 0.267 e. The number of nitrogens with zero attached hydrogens (tertiary/aromatic N) is 2. The van der Waals surface area contributed by atoms with Gasteiger partial charge in [0, 0.05) is 43.4 Å². The minimum atomic E-state index is -0.517. The molecular weight excluding hydrogens is 318 g/mol. The second kappa shape index (κ2) is 8.84. The summed E-state index contributed by atoms with van der Waals surface area (Å²) in [5, 5.41) is 17.3. The molecule has 0 spiro atoms. The Morgan fingerprint density at radius 1 is 1.08 bits per heavy atom. The van der Waals surface area contributed by atoms with Crippen molar-refractivity contribution < 1.29 is 9.59 Å². The normalized spacial score (nSPS) is 10.5. The topological polar surface area (TPSA) is 107 Å². The van der Waals surface area contributed by atoms with Gasteiger partial charge in [-0.15, -0.1) is 0 Å². The van der Waals surface area contributed by atoms with E-state index in [1.807, 2.05) is 18.2 Å². The molecule has 7 nitrogen and oxygen atoms in total. The summed E-state index contributed by atoms with van der Waals surface area (Å²) in [4.78, 5) is 27.0. The van der Waals surface area contributed by atoms with E-state index in [1.54, 1.807) is 36.7 Å². The Labute approximate surface area is 145 Å². The van der Waals surface area contributed by atoms with Crippen LogP contribution in [0.25, 0.3) is 0 Å². The first kappa shape index (κ1) is 17.7. The molecule has 25 heavy (non-hydrogen) atoms. The van der Waals surface area contributed by atoms with Crippen LogP contribution in [-0.4, -0.2) is 16.8 Å². The SMILES string of the molecule is CC(=O)Nc1ccc(NC(=O)/C(C#N)=C\NCc2ccncc2)cc1. The standard InChI is InChI=1S/C18H17N5O2/c1-13(24)22-16-2-4-17(5-3-16)23-18(25)15(10-19)12-21-11-14-6-8-20-9-7-14/h2-9,12,21H,11H2,1H3,(H,22,24)(H,23,25)/b15-12-. The Morgan fingerprint density at radius 3 is 2.24 bits per heavy atom. The molecular formula is C18H17N5O2. The van der Waals surface area contributed by atoms with Gasteiger partial charge in [-0.05, 0) is 42.0 Å². The fourth-order valence-electron chi connectivity index (χ4n) is 1.96. The minimum Gasteiger partial charge on any atom is -0.386 e. The molecule has 3 N–H and O–H groups in total. The van der Waals surface area contributed by atoms with Gasteiger partial charge in [0.1, 0.15) is 11.6 Å². The van der Waals surface area contributed by atoms with Crippen molar-refractivity contribution in [2.75, 3.05) is 10.6 Å². The monoisotopic (exact) mass is 335 g/mol. The maximum absolute atomic E-state index is 12.1. The molecule has 0 aliphatic rings. The Kier molecular flexibility index (Phi) is 6.25. The van der Waals surface area contributed by atoms with Gasteiger partial charge in [0.05, 0.1) is 0 Å². The highest BCUT2D eigenvalue weighted by atomic mass is 16.2. The van der Waals surface area contributed by atoms with Gasteiger partial charge in [0.2, 0.25) is 5.91 Å². The fourth-order valence-corrected chi connectivity index (χ4v) is 1.96. The zero-order chi connectivity index (χ0) is 18.1. The number of carbonyl (C=O) groups excluding carboxylic acids is 2. The maximum atomic E-state index is 12.1. The summed E-state index contributed by atoms with van der Waals surface area (Å²) in [5.41, 5.74) is 2.09. The lowest BCUT2D eigenvalue weighted by Crippen LogP contribution is -2.16. The van der Waals surface area contributed by atoms with Gasteiger partial charge in [0.25, 0.3) is 5.91 Å². The fraction of sp³-hybridized carbons (Fsp3) is 0.111. The van der Waals surface area contributed by atoms with Crippen molar-refractivity contribution in [3.63, 3.8) is 0 Å². The van der Waals surface area contributed by atoms with Crippen LogP contribution in [0.4, 0.5) is 11.4 Å². The molecule has 0 aliphatic heterocycles. The second-order valence-corrected chi connectivity index (χ2v) is 5.12. The Morgan fingerprint density at radius 2 is 1.68 bits per heavy atom. The average Bonchev–Trinajstić information content (AvgIpc) is 2.61. The van der Waals surface area contributed by atoms with Crippen molar-refractivity contribution in [2.24, 2.45) is 0 Å². The van der Waals surface area contributed by atoms with E-state index >= 15 is 0 Å². The molecule has 2 aromatic rings. The van der Waals surface area contributed by atoms with E-state index in [0.717, 1.165) is 5.56 Å². The number of carbonyl (C=O) groups is 2. The van der Waals surface area contributed by atoms with E-state index in [1.165, 1.54) is 13.1 Å². The Bertz CT molecular complexity index is 808. The van der Waals surface area contributed by atoms with E-state index in [0.29, 0.717) is 17.9 Å². The van der Waals surface area contributed by atoms with Gasteiger partial charge in [-0.1, -0.05) is 0 Å². The summed E-state index contributed by atoms with van der Waals surface area (Å²) < 4.78 is 0. The van der Waals surface area contributed by atoms with Crippen LogP contribution in [0.1, 0.15) is 12.5 Å². The summed E-state index contributed by atoms with van der Waals surface area (Å²) in [6.45, 7) is 1.89. The van der Waals surface area contributed by atoms with Gasteiger partial charge in [-0.2, -0.15) is 5.26 Å². The third kappa shape index (κ3) is 5.80. The van der Waals surface area contributed by atoms with Crippen LogP contribution in [0.2, 0.25) is 0 Å². The minimum absolute atomic E-state index is 0.0417.